The summed E-state index contributed by atoms with van der Waals surface area (Å²) in [5, 5.41) is 0. The van der Waals surface area contributed by atoms with Gasteiger partial charge in [-0.2, -0.15) is 0 Å². The summed E-state index contributed by atoms with van der Waals surface area (Å²) in [5.41, 5.74) is 2.19. The maximum atomic E-state index is 12.1. The molecule has 0 saturated carbocycles. The van der Waals surface area contributed by atoms with Crippen LogP contribution in [-0.4, -0.2) is 28.2 Å². The fraction of sp³-hybridized carbons (Fsp3) is 0.188. The molecule has 0 atom stereocenters. The normalized spacial score (nSPS) is 13.7. The van der Waals surface area contributed by atoms with Crippen LogP contribution in [0.1, 0.15) is 32.7 Å². The van der Waals surface area contributed by atoms with Gasteiger partial charge in [0.25, 0.3) is 11.8 Å². The molecule has 0 saturated heterocycles. The van der Waals surface area contributed by atoms with E-state index in [0.717, 1.165) is 18.4 Å². The van der Waals surface area contributed by atoms with Crippen LogP contribution in [0.15, 0.2) is 48.8 Å². The highest BCUT2D eigenvalue weighted by atomic mass is 16.2. The van der Waals surface area contributed by atoms with Crippen LogP contribution in [-0.2, 0) is 6.42 Å². The summed E-state index contributed by atoms with van der Waals surface area (Å²) in [6, 6.07) is 10.9. The number of nitrogens with zero attached hydrogens (tertiary/aromatic N) is 2. The average molecular weight is 266 g/mol. The minimum atomic E-state index is -0.180. The van der Waals surface area contributed by atoms with E-state index in [1.54, 1.807) is 36.7 Å². The predicted octanol–water partition coefficient (Wildman–Crippen LogP) is 2.31. The first-order chi connectivity index (χ1) is 9.77. The SMILES string of the molecule is O=C1c2ccccc2C(=O)N1CCCc1ccncc1. The van der Waals surface area contributed by atoms with E-state index in [-0.39, 0.29) is 11.8 Å². The third-order valence-electron chi connectivity index (χ3n) is 3.47. The maximum Gasteiger partial charge on any atom is 0.261 e. The first-order valence-corrected chi connectivity index (χ1v) is 6.61. The van der Waals surface area contributed by atoms with Crippen molar-refractivity contribution in [3.63, 3.8) is 0 Å². The Morgan fingerprint density at radius 1 is 0.900 bits per heavy atom. The molecule has 0 N–H and O–H groups in total. The number of amides is 2. The van der Waals surface area contributed by atoms with Crippen LogP contribution < -0.4 is 0 Å². The molecule has 1 aliphatic rings. The van der Waals surface area contributed by atoms with Gasteiger partial charge in [-0.05, 0) is 42.7 Å². The Labute approximate surface area is 117 Å². The molecule has 0 fully saturated rings. The van der Waals surface area contributed by atoms with Gasteiger partial charge >= 0.3 is 0 Å². The highest BCUT2D eigenvalue weighted by molar-refractivity contribution is 6.21. The van der Waals surface area contributed by atoms with Gasteiger partial charge in [-0.15, -0.1) is 0 Å². The Morgan fingerprint density at radius 3 is 2.10 bits per heavy atom. The van der Waals surface area contributed by atoms with Gasteiger partial charge in [0.05, 0.1) is 11.1 Å². The molecule has 0 aliphatic carbocycles. The zero-order valence-electron chi connectivity index (χ0n) is 11.0. The van der Waals surface area contributed by atoms with Crippen LogP contribution in [0.25, 0.3) is 0 Å². The molecule has 20 heavy (non-hydrogen) atoms. The number of pyridine rings is 1. The first kappa shape index (κ1) is 12.5. The van der Waals surface area contributed by atoms with Crippen molar-refractivity contribution < 1.29 is 9.59 Å². The lowest BCUT2D eigenvalue weighted by Crippen LogP contribution is -2.30. The molecule has 2 heterocycles. The van der Waals surface area contributed by atoms with Crippen molar-refractivity contribution in [1.82, 2.24) is 9.88 Å². The number of hydrogen-bond acceptors (Lipinski definition) is 3. The van der Waals surface area contributed by atoms with Gasteiger partial charge in [-0.3, -0.25) is 19.5 Å². The Morgan fingerprint density at radius 2 is 1.50 bits per heavy atom. The Hall–Kier alpha value is -2.49. The number of carbonyl (C=O) groups excluding carboxylic acids is 2. The fourth-order valence-electron chi connectivity index (χ4n) is 2.43. The molecule has 100 valence electrons. The highest BCUT2D eigenvalue weighted by Crippen LogP contribution is 2.22. The van der Waals surface area contributed by atoms with Gasteiger partial charge in [-0.1, -0.05) is 12.1 Å². The lowest BCUT2D eigenvalue weighted by atomic mass is 10.1. The minimum Gasteiger partial charge on any atom is -0.274 e. The molecule has 2 amide bonds. The zero-order valence-corrected chi connectivity index (χ0v) is 11.0. The first-order valence-electron chi connectivity index (χ1n) is 6.61. The van der Waals surface area contributed by atoms with Crippen LogP contribution >= 0.6 is 0 Å². The third-order valence-corrected chi connectivity index (χ3v) is 3.47. The molecule has 1 aliphatic heterocycles. The van der Waals surface area contributed by atoms with Gasteiger partial charge in [0, 0.05) is 18.9 Å². The number of imide groups is 1. The lowest BCUT2D eigenvalue weighted by molar-refractivity contribution is 0.0652. The predicted molar refractivity (Wildman–Crippen MR) is 74.4 cm³/mol. The molecule has 4 nitrogen and oxygen atoms in total. The molecular formula is C16H14N2O2. The number of rotatable bonds is 4. The van der Waals surface area contributed by atoms with Gasteiger partial charge in [0.2, 0.25) is 0 Å². The molecule has 0 bridgehead atoms. The van der Waals surface area contributed by atoms with E-state index in [4.69, 9.17) is 0 Å². The Kier molecular flexibility index (Phi) is 3.29. The van der Waals surface area contributed by atoms with Crippen LogP contribution in [0.5, 0.6) is 0 Å². The number of hydrogen-bond donors (Lipinski definition) is 0. The largest absolute Gasteiger partial charge is 0.274 e. The smallest absolute Gasteiger partial charge is 0.261 e. The topological polar surface area (TPSA) is 50.3 Å². The van der Waals surface area contributed by atoms with Gasteiger partial charge in [0.15, 0.2) is 0 Å². The van der Waals surface area contributed by atoms with Crippen LogP contribution in [0.2, 0.25) is 0 Å². The van der Waals surface area contributed by atoms with Gasteiger partial charge in [-0.25, -0.2) is 0 Å². The number of aromatic nitrogens is 1. The average Bonchev–Trinajstić information content (AvgIpc) is 2.74. The summed E-state index contributed by atoms with van der Waals surface area (Å²) in [6.45, 7) is 0.453. The highest BCUT2D eigenvalue weighted by Gasteiger charge is 2.34. The molecule has 0 unspecified atom stereocenters. The quantitative estimate of drug-likeness (QED) is 0.798. The van der Waals surface area contributed by atoms with Crippen LogP contribution in [0.4, 0.5) is 0 Å². The second-order valence-electron chi connectivity index (χ2n) is 4.77. The summed E-state index contributed by atoms with van der Waals surface area (Å²) in [6.07, 6.45) is 5.08. The van der Waals surface area contributed by atoms with E-state index < -0.39 is 0 Å². The summed E-state index contributed by atoms with van der Waals surface area (Å²) in [5.74, 6) is -0.361. The molecular weight excluding hydrogens is 252 g/mol. The van der Waals surface area contributed by atoms with Gasteiger partial charge in [0.1, 0.15) is 0 Å². The lowest BCUT2D eigenvalue weighted by Gasteiger charge is -2.13. The fourth-order valence-corrected chi connectivity index (χ4v) is 2.43. The minimum absolute atomic E-state index is 0.180. The zero-order chi connectivity index (χ0) is 13.9. The molecule has 3 rings (SSSR count). The van der Waals surface area contributed by atoms with E-state index in [9.17, 15) is 9.59 Å². The van der Waals surface area contributed by atoms with Crippen molar-refractivity contribution in [1.29, 1.82) is 0 Å². The van der Waals surface area contributed by atoms with E-state index in [1.807, 2.05) is 12.1 Å². The molecule has 1 aromatic heterocycles. The van der Waals surface area contributed by atoms with Crippen molar-refractivity contribution in [2.75, 3.05) is 6.54 Å². The second-order valence-corrected chi connectivity index (χ2v) is 4.77. The van der Waals surface area contributed by atoms with E-state index in [0.29, 0.717) is 17.7 Å². The summed E-state index contributed by atoms with van der Waals surface area (Å²) >= 11 is 0. The standard InChI is InChI=1S/C16H14N2O2/c19-15-13-5-1-2-6-14(13)16(20)18(15)11-3-4-12-7-9-17-10-8-12/h1-2,5-10H,3-4,11H2. The molecule has 2 aromatic rings. The van der Waals surface area contributed by atoms with E-state index in [1.165, 1.54) is 4.90 Å². The second kappa shape index (κ2) is 5.25. The van der Waals surface area contributed by atoms with Gasteiger partial charge < -0.3 is 0 Å². The monoisotopic (exact) mass is 266 g/mol. The van der Waals surface area contributed by atoms with Crippen molar-refractivity contribution in [3.8, 4) is 0 Å². The number of benzene rings is 1. The van der Waals surface area contributed by atoms with E-state index in [2.05, 4.69) is 4.98 Å². The summed E-state index contributed by atoms with van der Waals surface area (Å²) < 4.78 is 0. The van der Waals surface area contributed by atoms with Crippen LogP contribution in [0, 0.1) is 0 Å². The Bertz CT molecular complexity index is 618. The molecule has 4 heteroatoms. The molecule has 0 radical (unpaired) electrons. The number of aryl methyl sites for hydroxylation is 1. The third kappa shape index (κ3) is 2.20. The van der Waals surface area contributed by atoms with Crippen molar-refractivity contribution in [2.24, 2.45) is 0 Å². The van der Waals surface area contributed by atoms with Crippen LogP contribution in [0.3, 0.4) is 0 Å². The summed E-state index contributed by atoms with van der Waals surface area (Å²) in [4.78, 5) is 29.6. The number of carbonyl (C=O) groups is 2. The Balaban J connectivity index is 1.65. The van der Waals surface area contributed by atoms with Crippen molar-refractivity contribution >= 4 is 11.8 Å². The number of fused-ring (bicyclic) bond motifs is 1. The van der Waals surface area contributed by atoms with E-state index >= 15 is 0 Å². The summed E-state index contributed by atoms with van der Waals surface area (Å²) in [7, 11) is 0. The van der Waals surface area contributed by atoms with Crippen molar-refractivity contribution in [2.45, 2.75) is 12.8 Å². The molecule has 0 spiro atoms. The van der Waals surface area contributed by atoms with Crippen molar-refractivity contribution in [3.05, 3.63) is 65.5 Å². The maximum absolute atomic E-state index is 12.1. The molecule has 1 aromatic carbocycles.